The number of hydrogen-bond donors (Lipinski definition) is 1. The van der Waals surface area contributed by atoms with E-state index >= 15 is 0 Å². The number of thioether (sulfide) groups is 1. The van der Waals surface area contributed by atoms with Crippen LogP contribution in [-0.4, -0.2) is 47.9 Å². The number of nitrogens with one attached hydrogen (secondary N) is 1. The predicted octanol–water partition coefficient (Wildman–Crippen LogP) is 4.38. The van der Waals surface area contributed by atoms with Crippen molar-refractivity contribution in [3.63, 3.8) is 0 Å². The number of ether oxygens (including phenoxy) is 2. The van der Waals surface area contributed by atoms with E-state index in [4.69, 9.17) is 14.5 Å². The van der Waals surface area contributed by atoms with Crippen LogP contribution >= 0.6 is 11.8 Å². The number of carbonyl (C=O) groups is 2. The fraction of sp³-hybridized carbons (Fsp3) is 0.348. The highest BCUT2D eigenvalue weighted by atomic mass is 32.2. The fourth-order valence-electron chi connectivity index (χ4n) is 3.24. The van der Waals surface area contributed by atoms with Crippen molar-refractivity contribution in [2.24, 2.45) is 4.99 Å². The van der Waals surface area contributed by atoms with E-state index in [1.54, 1.807) is 30.2 Å². The summed E-state index contributed by atoms with van der Waals surface area (Å²) >= 11 is 1.34. The van der Waals surface area contributed by atoms with Crippen molar-refractivity contribution < 1.29 is 19.1 Å². The lowest BCUT2D eigenvalue weighted by molar-refractivity contribution is -0.128. The molecule has 8 heteroatoms. The van der Waals surface area contributed by atoms with Gasteiger partial charge in [0.15, 0.2) is 16.7 Å². The first-order valence-electron chi connectivity index (χ1n) is 10.1. The Morgan fingerprint density at radius 1 is 1.16 bits per heavy atom. The van der Waals surface area contributed by atoms with Crippen LogP contribution in [0.25, 0.3) is 0 Å². The molecule has 1 N–H and O–H groups in total. The summed E-state index contributed by atoms with van der Waals surface area (Å²) in [4.78, 5) is 32.0. The zero-order valence-electron chi connectivity index (χ0n) is 18.2. The largest absolute Gasteiger partial charge is 0.493 e. The summed E-state index contributed by atoms with van der Waals surface area (Å²) in [6.07, 6.45) is 0.870. The second-order valence-electron chi connectivity index (χ2n) is 7.10. The van der Waals surface area contributed by atoms with Crippen LogP contribution in [0.5, 0.6) is 11.5 Å². The summed E-state index contributed by atoms with van der Waals surface area (Å²) < 4.78 is 10.5. The molecule has 0 bridgehead atoms. The Morgan fingerprint density at radius 3 is 2.58 bits per heavy atom. The minimum absolute atomic E-state index is 0.0604. The highest BCUT2D eigenvalue weighted by molar-refractivity contribution is 8.15. The Morgan fingerprint density at radius 2 is 1.90 bits per heavy atom. The molecule has 164 valence electrons. The van der Waals surface area contributed by atoms with Gasteiger partial charge in [-0.1, -0.05) is 36.9 Å². The highest BCUT2D eigenvalue weighted by Gasteiger charge is 2.38. The van der Waals surface area contributed by atoms with Gasteiger partial charge in [0.05, 0.1) is 19.9 Å². The monoisotopic (exact) mass is 441 g/mol. The molecule has 3 rings (SSSR count). The van der Waals surface area contributed by atoms with Crippen LogP contribution in [0, 0.1) is 6.92 Å². The maximum Gasteiger partial charge on any atom is 0.242 e. The Bertz CT molecular complexity index is 993. The number of amidine groups is 1. The Hall–Kier alpha value is -3.00. The first-order chi connectivity index (χ1) is 15.0. The predicted molar refractivity (Wildman–Crippen MR) is 124 cm³/mol. The van der Waals surface area contributed by atoms with Gasteiger partial charge in [0.2, 0.25) is 11.8 Å². The van der Waals surface area contributed by atoms with E-state index in [1.165, 1.54) is 18.9 Å². The molecule has 1 saturated heterocycles. The molecule has 1 fully saturated rings. The van der Waals surface area contributed by atoms with E-state index < -0.39 is 5.25 Å². The van der Waals surface area contributed by atoms with Crippen molar-refractivity contribution in [3.8, 4) is 11.5 Å². The molecule has 0 radical (unpaired) electrons. The number of rotatable bonds is 8. The van der Waals surface area contributed by atoms with Crippen molar-refractivity contribution in [3.05, 3.63) is 48.0 Å². The smallest absolute Gasteiger partial charge is 0.242 e. The van der Waals surface area contributed by atoms with Gasteiger partial charge >= 0.3 is 0 Å². The molecule has 0 spiro atoms. The third kappa shape index (κ3) is 5.38. The molecule has 1 aliphatic heterocycles. The van der Waals surface area contributed by atoms with Gasteiger partial charge in [0, 0.05) is 24.7 Å². The van der Waals surface area contributed by atoms with Crippen molar-refractivity contribution in [2.75, 3.05) is 26.1 Å². The topological polar surface area (TPSA) is 80.2 Å². The van der Waals surface area contributed by atoms with Crippen LogP contribution in [0.2, 0.25) is 0 Å². The van der Waals surface area contributed by atoms with E-state index in [-0.39, 0.29) is 18.2 Å². The summed E-state index contributed by atoms with van der Waals surface area (Å²) in [5, 5.41) is 2.98. The number of carbonyl (C=O) groups excluding carboxylic acids is 2. The molecule has 0 unspecified atom stereocenters. The molecule has 2 amide bonds. The van der Waals surface area contributed by atoms with Crippen LogP contribution in [0.4, 0.5) is 11.4 Å². The molecule has 31 heavy (non-hydrogen) atoms. The maximum atomic E-state index is 13.0. The molecule has 7 nitrogen and oxygen atoms in total. The Kier molecular flexibility index (Phi) is 7.57. The summed E-state index contributed by atoms with van der Waals surface area (Å²) in [5.74, 6) is 0.774. The number of aryl methyl sites for hydroxylation is 1. The number of hydrogen-bond acceptors (Lipinski definition) is 6. The first-order valence-corrected chi connectivity index (χ1v) is 11.0. The summed E-state index contributed by atoms with van der Waals surface area (Å²) in [7, 11) is 3.09. The average Bonchev–Trinajstić information content (AvgIpc) is 3.04. The van der Waals surface area contributed by atoms with Gasteiger partial charge < -0.3 is 14.8 Å². The highest BCUT2D eigenvalue weighted by Crippen LogP contribution is 2.33. The molecule has 0 aliphatic carbocycles. The second-order valence-corrected chi connectivity index (χ2v) is 8.27. The zero-order valence-corrected chi connectivity index (χ0v) is 19.0. The van der Waals surface area contributed by atoms with Crippen LogP contribution in [-0.2, 0) is 9.59 Å². The average molecular weight is 442 g/mol. The van der Waals surface area contributed by atoms with Gasteiger partial charge in [-0.05, 0) is 37.1 Å². The lowest BCUT2D eigenvalue weighted by Crippen LogP contribution is -2.34. The second kappa shape index (κ2) is 10.3. The van der Waals surface area contributed by atoms with Crippen molar-refractivity contribution in [2.45, 2.75) is 31.9 Å². The van der Waals surface area contributed by atoms with Gasteiger partial charge in [0.1, 0.15) is 5.25 Å². The molecule has 1 aliphatic rings. The number of methoxy groups -OCH3 is 2. The number of benzene rings is 2. The quantitative estimate of drug-likeness (QED) is 0.657. The summed E-state index contributed by atoms with van der Waals surface area (Å²) in [6, 6.07) is 12.9. The summed E-state index contributed by atoms with van der Waals surface area (Å²) in [5.41, 5.74) is 2.45. The Balaban J connectivity index is 1.73. The van der Waals surface area contributed by atoms with Crippen LogP contribution in [0.15, 0.2) is 47.5 Å². The number of para-hydroxylation sites is 1. The Labute approximate surface area is 186 Å². The molecule has 2 aromatic rings. The van der Waals surface area contributed by atoms with E-state index in [0.29, 0.717) is 28.9 Å². The van der Waals surface area contributed by atoms with Gasteiger partial charge in [-0.15, -0.1) is 0 Å². The number of nitrogens with zero attached hydrogens (tertiary/aromatic N) is 2. The minimum Gasteiger partial charge on any atom is -0.493 e. The first kappa shape index (κ1) is 22.7. The van der Waals surface area contributed by atoms with Crippen LogP contribution in [0.1, 0.15) is 25.3 Å². The lowest BCUT2D eigenvalue weighted by Gasteiger charge is -2.15. The minimum atomic E-state index is -0.505. The standard InChI is InChI=1S/C23H27N3O4S/c1-5-12-26-22(28)20(31-23(26)25-17-9-7-6-8-15(17)2)14-21(27)24-16-10-11-18(29-3)19(13-16)30-4/h6-11,13,20H,5,12,14H2,1-4H3,(H,24,27)/t20-/m1/s1. The van der Waals surface area contributed by atoms with Crippen molar-refractivity contribution in [1.82, 2.24) is 4.90 Å². The summed E-state index contributed by atoms with van der Waals surface area (Å²) in [6.45, 7) is 4.57. The lowest BCUT2D eigenvalue weighted by atomic mass is 10.2. The van der Waals surface area contributed by atoms with Crippen LogP contribution in [0.3, 0.4) is 0 Å². The van der Waals surface area contributed by atoms with Gasteiger partial charge in [-0.2, -0.15) is 0 Å². The number of anilines is 1. The van der Waals surface area contributed by atoms with Gasteiger partial charge in [-0.3, -0.25) is 14.5 Å². The van der Waals surface area contributed by atoms with Crippen molar-refractivity contribution >= 4 is 40.1 Å². The van der Waals surface area contributed by atoms with E-state index in [2.05, 4.69) is 5.32 Å². The van der Waals surface area contributed by atoms with Crippen LogP contribution < -0.4 is 14.8 Å². The molecule has 1 atom stereocenters. The zero-order chi connectivity index (χ0) is 22.4. The molecule has 1 heterocycles. The normalized spacial score (nSPS) is 17.2. The van der Waals surface area contributed by atoms with E-state index in [0.717, 1.165) is 17.7 Å². The fourth-order valence-corrected chi connectivity index (χ4v) is 4.42. The van der Waals surface area contributed by atoms with E-state index in [9.17, 15) is 9.59 Å². The third-order valence-corrected chi connectivity index (χ3v) is 6.01. The van der Waals surface area contributed by atoms with Crippen molar-refractivity contribution in [1.29, 1.82) is 0 Å². The van der Waals surface area contributed by atoms with Gasteiger partial charge in [-0.25, -0.2) is 4.99 Å². The molecular weight excluding hydrogens is 414 g/mol. The molecule has 0 saturated carbocycles. The number of aliphatic imine (C=N–C) groups is 1. The molecule has 2 aromatic carbocycles. The van der Waals surface area contributed by atoms with E-state index in [1.807, 2.05) is 38.1 Å². The maximum absolute atomic E-state index is 13.0. The molecular formula is C23H27N3O4S. The SMILES string of the molecule is CCCN1C(=O)[C@@H](CC(=O)Nc2ccc(OC)c(OC)c2)SC1=Nc1ccccc1C. The third-order valence-electron chi connectivity index (χ3n) is 4.84. The number of amides is 2. The molecule has 0 aromatic heterocycles. The van der Waals surface area contributed by atoms with Gasteiger partial charge in [0.25, 0.3) is 0 Å².